The molecule has 1 aromatic rings. The monoisotopic (exact) mass is 380 g/mol. The molecular formula is C17H24ClF3N2O2. The van der Waals surface area contributed by atoms with Crippen LogP contribution in [0.15, 0.2) is 18.2 Å². The summed E-state index contributed by atoms with van der Waals surface area (Å²) in [7, 11) is 0. The molecule has 1 fully saturated rings. The van der Waals surface area contributed by atoms with Crippen LogP contribution >= 0.6 is 12.4 Å². The predicted molar refractivity (Wildman–Crippen MR) is 93.2 cm³/mol. The summed E-state index contributed by atoms with van der Waals surface area (Å²) in [6.07, 6.45) is -0.981. The predicted octanol–water partition coefficient (Wildman–Crippen LogP) is 4.20. The normalized spacial score (nSPS) is 23.5. The van der Waals surface area contributed by atoms with Gasteiger partial charge < -0.3 is 15.8 Å². The highest BCUT2D eigenvalue weighted by molar-refractivity contribution is 5.94. The Balaban J connectivity index is 0.00000312. The van der Waals surface area contributed by atoms with Crippen LogP contribution in [0.2, 0.25) is 0 Å². The van der Waals surface area contributed by atoms with E-state index in [1.165, 1.54) is 6.07 Å². The van der Waals surface area contributed by atoms with Gasteiger partial charge >= 0.3 is 6.18 Å². The van der Waals surface area contributed by atoms with E-state index in [0.717, 1.165) is 19.3 Å². The van der Waals surface area contributed by atoms with E-state index in [4.69, 9.17) is 10.5 Å². The van der Waals surface area contributed by atoms with Gasteiger partial charge in [-0.1, -0.05) is 18.9 Å². The summed E-state index contributed by atoms with van der Waals surface area (Å²) in [4.78, 5) is 12.6. The van der Waals surface area contributed by atoms with E-state index in [1.807, 2.05) is 6.92 Å². The first-order valence-electron chi connectivity index (χ1n) is 7.99. The minimum Gasteiger partial charge on any atom is -0.484 e. The molecule has 2 unspecified atom stereocenters. The van der Waals surface area contributed by atoms with Crippen molar-refractivity contribution in [3.63, 3.8) is 0 Å². The van der Waals surface area contributed by atoms with Crippen molar-refractivity contribution < 1.29 is 22.7 Å². The molecule has 2 rings (SSSR count). The number of nitrogens with two attached hydrogens (primary N) is 1. The van der Waals surface area contributed by atoms with E-state index in [2.05, 4.69) is 5.32 Å². The van der Waals surface area contributed by atoms with E-state index < -0.39 is 18.3 Å². The highest BCUT2D eigenvalue weighted by Gasteiger charge is 2.38. The van der Waals surface area contributed by atoms with Gasteiger partial charge in [0.05, 0.1) is 5.92 Å². The van der Waals surface area contributed by atoms with Crippen molar-refractivity contribution in [1.82, 2.24) is 0 Å². The SMILES string of the molecule is Cc1c(NC(=O)C2CCCCC2(C)N)cccc1OCC(F)(F)F.Cl. The molecule has 4 nitrogen and oxygen atoms in total. The molecule has 1 aliphatic rings. The maximum Gasteiger partial charge on any atom is 0.422 e. The lowest BCUT2D eigenvalue weighted by atomic mass is 9.74. The van der Waals surface area contributed by atoms with Crippen molar-refractivity contribution in [2.45, 2.75) is 51.2 Å². The number of rotatable bonds is 4. The Morgan fingerprint density at radius 2 is 2.08 bits per heavy atom. The van der Waals surface area contributed by atoms with Gasteiger partial charge in [0, 0.05) is 16.8 Å². The standard InChI is InChI=1S/C17H23F3N2O2.ClH/c1-11-13(7-5-8-14(11)24-10-17(18,19)20)22-15(23)12-6-3-4-9-16(12,2)21;/h5,7-8,12H,3-4,6,9-10,21H2,1-2H3,(H,22,23);1H. The first-order chi connectivity index (χ1) is 11.1. The van der Waals surface area contributed by atoms with E-state index >= 15 is 0 Å². The number of anilines is 1. The number of carbonyl (C=O) groups excluding carboxylic acids is 1. The Hall–Kier alpha value is -1.47. The van der Waals surface area contributed by atoms with Crippen molar-refractivity contribution in [2.75, 3.05) is 11.9 Å². The van der Waals surface area contributed by atoms with Gasteiger partial charge in [0.1, 0.15) is 5.75 Å². The van der Waals surface area contributed by atoms with E-state index in [-0.39, 0.29) is 30.0 Å². The Bertz CT molecular complexity index is 606. The fourth-order valence-corrected chi connectivity index (χ4v) is 3.07. The molecule has 0 spiro atoms. The lowest BCUT2D eigenvalue weighted by Crippen LogP contribution is -2.51. The highest BCUT2D eigenvalue weighted by Crippen LogP contribution is 2.33. The number of hydrogen-bond donors (Lipinski definition) is 2. The first kappa shape index (κ1) is 21.6. The second-order valence-corrected chi connectivity index (χ2v) is 6.63. The Kier molecular flexibility index (Phi) is 7.14. The molecule has 0 heterocycles. The molecule has 1 aliphatic carbocycles. The molecule has 142 valence electrons. The third-order valence-electron chi connectivity index (χ3n) is 4.50. The van der Waals surface area contributed by atoms with Gasteiger partial charge in [0.15, 0.2) is 6.61 Å². The minimum absolute atomic E-state index is 0. The summed E-state index contributed by atoms with van der Waals surface area (Å²) in [6, 6.07) is 4.64. The van der Waals surface area contributed by atoms with Crippen LogP contribution < -0.4 is 15.8 Å². The minimum atomic E-state index is -4.41. The fourth-order valence-electron chi connectivity index (χ4n) is 3.07. The third-order valence-corrected chi connectivity index (χ3v) is 4.50. The zero-order chi connectivity index (χ0) is 18.0. The number of amides is 1. The summed E-state index contributed by atoms with van der Waals surface area (Å²) >= 11 is 0. The van der Waals surface area contributed by atoms with E-state index in [1.54, 1.807) is 19.1 Å². The molecule has 8 heteroatoms. The van der Waals surface area contributed by atoms with E-state index in [0.29, 0.717) is 17.7 Å². The number of ether oxygens (including phenoxy) is 1. The molecular weight excluding hydrogens is 357 g/mol. The van der Waals surface area contributed by atoms with Crippen LogP contribution in [0.3, 0.4) is 0 Å². The van der Waals surface area contributed by atoms with Crippen LogP contribution in [-0.4, -0.2) is 24.2 Å². The quantitative estimate of drug-likeness (QED) is 0.822. The summed E-state index contributed by atoms with van der Waals surface area (Å²) in [5.41, 5.74) is 6.57. The van der Waals surface area contributed by atoms with E-state index in [9.17, 15) is 18.0 Å². The molecule has 0 bridgehead atoms. The van der Waals surface area contributed by atoms with Gasteiger partial charge in [0.25, 0.3) is 0 Å². The molecule has 3 N–H and O–H groups in total. The molecule has 1 aromatic carbocycles. The summed E-state index contributed by atoms with van der Waals surface area (Å²) in [5, 5.41) is 2.79. The van der Waals surface area contributed by atoms with Crippen LogP contribution in [0.1, 0.15) is 38.2 Å². The molecule has 2 atom stereocenters. The zero-order valence-corrected chi connectivity index (χ0v) is 15.1. The number of carbonyl (C=O) groups is 1. The van der Waals surface area contributed by atoms with Crippen LogP contribution in [-0.2, 0) is 4.79 Å². The van der Waals surface area contributed by atoms with Crippen molar-refractivity contribution in [2.24, 2.45) is 11.7 Å². The number of hydrogen-bond acceptors (Lipinski definition) is 3. The van der Waals surface area contributed by atoms with Crippen molar-refractivity contribution in [3.8, 4) is 5.75 Å². The molecule has 0 aromatic heterocycles. The highest BCUT2D eigenvalue weighted by atomic mass is 35.5. The maximum atomic E-state index is 12.6. The average Bonchev–Trinajstić information content (AvgIpc) is 2.46. The van der Waals surface area contributed by atoms with Crippen LogP contribution in [0, 0.1) is 12.8 Å². The topological polar surface area (TPSA) is 64.4 Å². The van der Waals surface area contributed by atoms with Gasteiger partial charge in [-0.05, 0) is 38.8 Å². The second-order valence-electron chi connectivity index (χ2n) is 6.63. The zero-order valence-electron chi connectivity index (χ0n) is 14.3. The van der Waals surface area contributed by atoms with Crippen LogP contribution in [0.25, 0.3) is 0 Å². The fraction of sp³-hybridized carbons (Fsp3) is 0.588. The second kappa shape index (κ2) is 8.27. The Morgan fingerprint density at radius 3 is 2.68 bits per heavy atom. The maximum absolute atomic E-state index is 12.6. The van der Waals surface area contributed by atoms with Crippen molar-refractivity contribution >= 4 is 24.0 Å². The third kappa shape index (κ3) is 5.78. The smallest absolute Gasteiger partial charge is 0.422 e. The summed E-state index contributed by atoms with van der Waals surface area (Å²) in [6.45, 7) is 2.12. The molecule has 1 amide bonds. The summed E-state index contributed by atoms with van der Waals surface area (Å²) in [5.74, 6) is -0.412. The molecule has 0 saturated heterocycles. The van der Waals surface area contributed by atoms with Gasteiger partial charge in [-0.3, -0.25) is 4.79 Å². The van der Waals surface area contributed by atoms with Gasteiger partial charge in [-0.15, -0.1) is 12.4 Å². The van der Waals surface area contributed by atoms with Crippen molar-refractivity contribution in [3.05, 3.63) is 23.8 Å². The molecule has 0 aliphatic heterocycles. The van der Waals surface area contributed by atoms with Crippen molar-refractivity contribution in [1.29, 1.82) is 0 Å². The number of nitrogens with one attached hydrogen (secondary N) is 1. The van der Waals surface area contributed by atoms with Gasteiger partial charge in [0.2, 0.25) is 5.91 Å². The largest absolute Gasteiger partial charge is 0.484 e. The van der Waals surface area contributed by atoms with Crippen LogP contribution in [0.5, 0.6) is 5.75 Å². The number of alkyl halides is 3. The van der Waals surface area contributed by atoms with Gasteiger partial charge in [-0.25, -0.2) is 0 Å². The first-order valence-corrected chi connectivity index (χ1v) is 7.99. The number of benzene rings is 1. The number of halogens is 4. The molecule has 0 radical (unpaired) electrons. The Labute approximate surface area is 151 Å². The average molecular weight is 381 g/mol. The Morgan fingerprint density at radius 1 is 1.40 bits per heavy atom. The summed E-state index contributed by atoms with van der Waals surface area (Å²) < 4.78 is 41.7. The molecule has 25 heavy (non-hydrogen) atoms. The lowest BCUT2D eigenvalue weighted by Gasteiger charge is -2.37. The lowest BCUT2D eigenvalue weighted by molar-refractivity contribution is -0.153. The molecule has 1 saturated carbocycles. The van der Waals surface area contributed by atoms with Crippen LogP contribution in [0.4, 0.5) is 18.9 Å². The van der Waals surface area contributed by atoms with Gasteiger partial charge in [-0.2, -0.15) is 13.2 Å².